The zero-order valence-corrected chi connectivity index (χ0v) is 13.3. The summed E-state index contributed by atoms with van der Waals surface area (Å²) in [5.74, 6) is 0.783. The SMILES string of the molecule is Cc1cc(NC(=O)c2cc(NC3CCS(=O)(=O)C3)ccn2)no1. The number of pyridine rings is 1. The van der Waals surface area contributed by atoms with E-state index in [-0.39, 0.29) is 23.2 Å². The fourth-order valence-electron chi connectivity index (χ4n) is 2.39. The zero-order chi connectivity index (χ0) is 16.4. The molecule has 1 saturated heterocycles. The van der Waals surface area contributed by atoms with Crippen LogP contribution in [0.3, 0.4) is 0 Å². The molecule has 1 unspecified atom stereocenters. The van der Waals surface area contributed by atoms with Crippen molar-refractivity contribution in [2.24, 2.45) is 0 Å². The Balaban J connectivity index is 1.68. The summed E-state index contributed by atoms with van der Waals surface area (Å²) in [5.41, 5.74) is 0.861. The molecule has 3 rings (SSSR count). The first kappa shape index (κ1) is 15.5. The van der Waals surface area contributed by atoms with Crippen LogP contribution in [0.15, 0.2) is 28.9 Å². The molecular formula is C14H16N4O4S. The minimum absolute atomic E-state index is 0.106. The maximum absolute atomic E-state index is 12.1. The van der Waals surface area contributed by atoms with Crippen molar-refractivity contribution in [3.8, 4) is 0 Å². The van der Waals surface area contributed by atoms with Crippen LogP contribution >= 0.6 is 0 Å². The summed E-state index contributed by atoms with van der Waals surface area (Å²) < 4.78 is 27.8. The van der Waals surface area contributed by atoms with Crippen molar-refractivity contribution in [3.05, 3.63) is 35.9 Å². The Morgan fingerprint density at radius 1 is 1.39 bits per heavy atom. The second kappa shape index (κ2) is 5.99. The lowest BCUT2D eigenvalue weighted by Gasteiger charge is -2.12. The molecule has 1 amide bonds. The lowest BCUT2D eigenvalue weighted by molar-refractivity contribution is 0.102. The van der Waals surface area contributed by atoms with Crippen LogP contribution in [0.5, 0.6) is 0 Å². The van der Waals surface area contributed by atoms with Gasteiger partial charge in [0.25, 0.3) is 5.91 Å². The van der Waals surface area contributed by atoms with E-state index in [4.69, 9.17) is 4.52 Å². The number of hydrogen-bond acceptors (Lipinski definition) is 7. The number of anilines is 2. The molecule has 0 aliphatic carbocycles. The number of hydrogen-bond donors (Lipinski definition) is 2. The molecule has 23 heavy (non-hydrogen) atoms. The molecule has 122 valence electrons. The Hall–Kier alpha value is -2.42. The fourth-order valence-corrected chi connectivity index (χ4v) is 4.07. The topological polar surface area (TPSA) is 114 Å². The van der Waals surface area contributed by atoms with Crippen LogP contribution in [0.4, 0.5) is 11.5 Å². The van der Waals surface area contributed by atoms with Gasteiger partial charge in [0.1, 0.15) is 11.5 Å². The molecule has 1 aliphatic heterocycles. The highest BCUT2D eigenvalue weighted by molar-refractivity contribution is 7.91. The molecule has 0 spiro atoms. The van der Waals surface area contributed by atoms with E-state index in [0.29, 0.717) is 23.7 Å². The molecule has 1 atom stereocenters. The van der Waals surface area contributed by atoms with Gasteiger partial charge in [0.05, 0.1) is 11.5 Å². The van der Waals surface area contributed by atoms with Crippen LogP contribution < -0.4 is 10.6 Å². The molecule has 1 aliphatic rings. The van der Waals surface area contributed by atoms with Gasteiger partial charge >= 0.3 is 0 Å². The molecule has 1 fully saturated rings. The number of sulfone groups is 1. The molecule has 2 N–H and O–H groups in total. The van der Waals surface area contributed by atoms with Gasteiger partial charge in [-0.25, -0.2) is 8.42 Å². The fraction of sp³-hybridized carbons (Fsp3) is 0.357. The molecule has 8 nitrogen and oxygen atoms in total. The summed E-state index contributed by atoms with van der Waals surface area (Å²) >= 11 is 0. The number of carbonyl (C=O) groups is 1. The lowest BCUT2D eigenvalue weighted by Crippen LogP contribution is -2.21. The summed E-state index contributed by atoms with van der Waals surface area (Å²) in [6.07, 6.45) is 2.05. The number of rotatable bonds is 4. The molecular weight excluding hydrogens is 320 g/mol. The van der Waals surface area contributed by atoms with Crippen molar-refractivity contribution in [3.63, 3.8) is 0 Å². The number of nitrogens with one attached hydrogen (secondary N) is 2. The van der Waals surface area contributed by atoms with E-state index in [2.05, 4.69) is 20.8 Å². The summed E-state index contributed by atoms with van der Waals surface area (Å²) in [6.45, 7) is 1.72. The Labute approximate surface area is 133 Å². The minimum Gasteiger partial charge on any atom is -0.381 e. The third kappa shape index (κ3) is 3.86. The van der Waals surface area contributed by atoms with Crippen LogP contribution in [-0.2, 0) is 9.84 Å². The van der Waals surface area contributed by atoms with Crippen molar-refractivity contribution in [2.45, 2.75) is 19.4 Å². The van der Waals surface area contributed by atoms with Gasteiger partial charge in [-0.15, -0.1) is 0 Å². The van der Waals surface area contributed by atoms with Gasteiger partial charge in [0, 0.05) is 24.0 Å². The zero-order valence-electron chi connectivity index (χ0n) is 12.4. The standard InChI is InChI=1S/C14H16N4O4S/c1-9-6-13(18-22-9)17-14(19)12-7-10(2-4-15-12)16-11-3-5-23(20,21)8-11/h2,4,6-7,11H,3,5,8H2,1H3,(H,15,16)(H,17,18,19). The number of aryl methyl sites for hydroxylation is 1. The molecule has 3 heterocycles. The smallest absolute Gasteiger partial charge is 0.275 e. The first-order valence-electron chi connectivity index (χ1n) is 7.09. The van der Waals surface area contributed by atoms with E-state index in [1.165, 1.54) is 6.20 Å². The summed E-state index contributed by atoms with van der Waals surface area (Å²) in [5, 5.41) is 9.40. The lowest BCUT2D eigenvalue weighted by atomic mass is 10.2. The van der Waals surface area contributed by atoms with Crippen LogP contribution in [0.2, 0.25) is 0 Å². The molecule has 0 aromatic carbocycles. The van der Waals surface area contributed by atoms with Gasteiger partial charge in [0.2, 0.25) is 0 Å². The molecule has 2 aromatic heterocycles. The van der Waals surface area contributed by atoms with Crippen LogP contribution in [0.1, 0.15) is 22.7 Å². The Morgan fingerprint density at radius 2 is 2.22 bits per heavy atom. The first-order chi connectivity index (χ1) is 10.9. The van der Waals surface area contributed by atoms with E-state index in [1.54, 1.807) is 25.1 Å². The number of amides is 1. The Kier molecular flexibility index (Phi) is 4.03. The highest BCUT2D eigenvalue weighted by Gasteiger charge is 2.27. The Bertz CT molecular complexity index is 831. The monoisotopic (exact) mass is 336 g/mol. The van der Waals surface area contributed by atoms with Crippen LogP contribution in [0, 0.1) is 6.92 Å². The highest BCUT2D eigenvalue weighted by Crippen LogP contribution is 2.18. The summed E-state index contributed by atoms with van der Waals surface area (Å²) in [7, 11) is -2.96. The average molecular weight is 336 g/mol. The van der Waals surface area contributed by atoms with Crippen molar-refractivity contribution in [2.75, 3.05) is 22.1 Å². The van der Waals surface area contributed by atoms with Crippen LogP contribution in [-0.4, -0.2) is 42.0 Å². The predicted octanol–water partition coefficient (Wildman–Crippen LogP) is 1.23. The molecule has 9 heteroatoms. The maximum Gasteiger partial charge on any atom is 0.275 e. The summed E-state index contributed by atoms with van der Waals surface area (Å²) in [6, 6.07) is 4.73. The normalized spacial score (nSPS) is 19.4. The van der Waals surface area contributed by atoms with Gasteiger partial charge in [-0.3, -0.25) is 9.78 Å². The van der Waals surface area contributed by atoms with Gasteiger partial charge in [0.15, 0.2) is 15.7 Å². The van der Waals surface area contributed by atoms with Crippen molar-refractivity contribution < 1.29 is 17.7 Å². The second-order valence-corrected chi connectivity index (χ2v) is 7.68. The van der Waals surface area contributed by atoms with Crippen LogP contribution in [0.25, 0.3) is 0 Å². The third-order valence-electron chi connectivity index (χ3n) is 3.47. The second-order valence-electron chi connectivity index (χ2n) is 5.45. The first-order valence-corrected chi connectivity index (χ1v) is 8.91. The quantitative estimate of drug-likeness (QED) is 0.863. The van der Waals surface area contributed by atoms with E-state index < -0.39 is 15.7 Å². The van der Waals surface area contributed by atoms with Crippen molar-refractivity contribution >= 4 is 27.2 Å². The molecule has 0 saturated carbocycles. The number of nitrogens with zero attached hydrogens (tertiary/aromatic N) is 2. The molecule has 0 bridgehead atoms. The number of aromatic nitrogens is 2. The maximum atomic E-state index is 12.1. The van der Waals surface area contributed by atoms with Crippen molar-refractivity contribution in [1.29, 1.82) is 0 Å². The van der Waals surface area contributed by atoms with E-state index in [9.17, 15) is 13.2 Å². The molecule has 2 aromatic rings. The summed E-state index contributed by atoms with van der Waals surface area (Å²) in [4.78, 5) is 16.2. The average Bonchev–Trinajstić information content (AvgIpc) is 3.04. The third-order valence-corrected chi connectivity index (χ3v) is 5.23. The van der Waals surface area contributed by atoms with E-state index in [0.717, 1.165) is 0 Å². The van der Waals surface area contributed by atoms with Gasteiger partial charge in [-0.1, -0.05) is 5.16 Å². The predicted molar refractivity (Wildman–Crippen MR) is 84.1 cm³/mol. The van der Waals surface area contributed by atoms with Gasteiger partial charge in [-0.05, 0) is 25.5 Å². The number of carbonyl (C=O) groups excluding carboxylic acids is 1. The van der Waals surface area contributed by atoms with Crippen molar-refractivity contribution in [1.82, 2.24) is 10.1 Å². The van der Waals surface area contributed by atoms with Gasteiger partial charge < -0.3 is 15.2 Å². The molecule has 0 radical (unpaired) electrons. The van der Waals surface area contributed by atoms with E-state index >= 15 is 0 Å². The largest absolute Gasteiger partial charge is 0.381 e. The van der Waals surface area contributed by atoms with E-state index in [1.807, 2.05) is 0 Å². The minimum atomic E-state index is -2.96. The Morgan fingerprint density at radius 3 is 2.87 bits per heavy atom. The highest BCUT2D eigenvalue weighted by atomic mass is 32.2. The van der Waals surface area contributed by atoms with Gasteiger partial charge in [-0.2, -0.15) is 0 Å².